The number of carbonyl (C=O) groups is 2. The minimum Gasteiger partial charge on any atom is -0.391 e. The van der Waals surface area contributed by atoms with E-state index >= 15 is 0 Å². The number of aliphatic hydroxyl groups is 1. The molecule has 1 aliphatic rings. The highest BCUT2D eigenvalue weighted by atomic mass is 16.3. The molecule has 18 heavy (non-hydrogen) atoms. The minimum atomic E-state index is -0.654. The van der Waals surface area contributed by atoms with Crippen molar-refractivity contribution in [3.63, 3.8) is 0 Å². The van der Waals surface area contributed by atoms with Gasteiger partial charge in [-0.05, 0) is 25.2 Å². The average molecular weight is 256 g/mol. The highest BCUT2D eigenvalue weighted by Gasteiger charge is 2.23. The predicted octanol–water partition coefficient (Wildman–Crippen LogP) is 0.570. The predicted molar refractivity (Wildman–Crippen MR) is 68.9 cm³/mol. The zero-order chi connectivity index (χ0) is 13.4. The fraction of sp³-hybridized carbons (Fsp3) is 0.846. The van der Waals surface area contributed by atoms with Crippen LogP contribution in [0.4, 0.5) is 0 Å². The van der Waals surface area contributed by atoms with Crippen LogP contribution in [0, 0.1) is 5.92 Å². The van der Waals surface area contributed by atoms with Gasteiger partial charge in [-0.3, -0.25) is 9.59 Å². The van der Waals surface area contributed by atoms with E-state index < -0.39 is 17.9 Å². The molecular weight excluding hydrogens is 232 g/mol. The quantitative estimate of drug-likeness (QED) is 0.629. The largest absolute Gasteiger partial charge is 0.391 e. The van der Waals surface area contributed by atoms with Gasteiger partial charge in [-0.15, -0.1) is 0 Å². The van der Waals surface area contributed by atoms with Crippen molar-refractivity contribution in [3.05, 3.63) is 0 Å². The topological polar surface area (TPSA) is 78.4 Å². The van der Waals surface area contributed by atoms with Crippen LogP contribution in [0.3, 0.4) is 0 Å². The molecule has 0 heterocycles. The van der Waals surface area contributed by atoms with Crippen molar-refractivity contribution in [3.8, 4) is 0 Å². The Morgan fingerprint density at radius 2 is 1.78 bits per heavy atom. The highest BCUT2D eigenvalue weighted by Crippen LogP contribution is 2.26. The first-order chi connectivity index (χ1) is 8.65. The van der Waals surface area contributed by atoms with Crippen molar-refractivity contribution in [1.29, 1.82) is 0 Å². The lowest BCUT2D eigenvalue weighted by atomic mass is 9.85. The van der Waals surface area contributed by atoms with Gasteiger partial charge in [-0.2, -0.15) is 0 Å². The van der Waals surface area contributed by atoms with E-state index in [1.165, 1.54) is 6.42 Å². The molecule has 0 bridgehead atoms. The van der Waals surface area contributed by atoms with Crippen molar-refractivity contribution < 1.29 is 14.7 Å². The number of amides is 2. The Balaban J connectivity index is 2.22. The van der Waals surface area contributed by atoms with Crippen molar-refractivity contribution in [2.45, 2.75) is 51.6 Å². The molecule has 1 aliphatic carbocycles. The minimum absolute atomic E-state index is 0.170. The monoisotopic (exact) mass is 256 g/mol. The van der Waals surface area contributed by atoms with E-state index in [4.69, 9.17) is 0 Å². The van der Waals surface area contributed by atoms with Crippen molar-refractivity contribution in [2.24, 2.45) is 5.92 Å². The van der Waals surface area contributed by atoms with Gasteiger partial charge >= 0.3 is 11.8 Å². The molecule has 0 aromatic rings. The molecule has 5 nitrogen and oxygen atoms in total. The summed E-state index contributed by atoms with van der Waals surface area (Å²) in [6.07, 6.45) is 5.81. The summed E-state index contributed by atoms with van der Waals surface area (Å²) in [7, 11) is 0. The highest BCUT2D eigenvalue weighted by molar-refractivity contribution is 6.35. The Hall–Kier alpha value is -1.10. The van der Waals surface area contributed by atoms with Crippen LogP contribution in [-0.4, -0.2) is 36.1 Å². The summed E-state index contributed by atoms with van der Waals surface area (Å²) in [5, 5.41) is 14.9. The number of nitrogens with one attached hydrogen (secondary N) is 2. The summed E-state index contributed by atoms with van der Waals surface area (Å²) in [5.41, 5.74) is 0. The molecule has 1 fully saturated rings. The average Bonchev–Trinajstić information content (AvgIpc) is 2.42. The Morgan fingerprint density at radius 3 is 2.39 bits per heavy atom. The summed E-state index contributed by atoms with van der Waals surface area (Å²) >= 11 is 0. The van der Waals surface area contributed by atoms with Crippen LogP contribution in [0.15, 0.2) is 0 Å². The maximum absolute atomic E-state index is 11.4. The van der Waals surface area contributed by atoms with Crippen LogP contribution in [0.5, 0.6) is 0 Å². The fourth-order valence-corrected chi connectivity index (χ4v) is 2.28. The molecule has 1 atom stereocenters. The molecule has 3 N–H and O–H groups in total. The maximum atomic E-state index is 11.4. The molecule has 0 aliphatic heterocycles. The van der Waals surface area contributed by atoms with Gasteiger partial charge in [0.05, 0.1) is 6.10 Å². The zero-order valence-corrected chi connectivity index (χ0v) is 11.1. The van der Waals surface area contributed by atoms with E-state index in [2.05, 4.69) is 10.6 Å². The third kappa shape index (κ3) is 5.04. The normalized spacial score (nSPS) is 18.1. The van der Waals surface area contributed by atoms with Crippen LogP contribution < -0.4 is 10.6 Å². The van der Waals surface area contributed by atoms with Gasteiger partial charge in [0.25, 0.3) is 0 Å². The van der Waals surface area contributed by atoms with Crippen LogP contribution in [0.25, 0.3) is 0 Å². The molecule has 0 spiro atoms. The third-order valence-electron chi connectivity index (χ3n) is 3.41. The van der Waals surface area contributed by atoms with Gasteiger partial charge < -0.3 is 15.7 Å². The zero-order valence-electron chi connectivity index (χ0n) is 11.1. The first-order valence-corrected chi connectivity index (χ1v) is 6.89. The van der Waals surface area contributed by atoms with E-state index in [1.54, 1.807) is 0 Å². The molecular formula is C13H24N2O3. The van der Waals surface area contributed by atoms with Gasteiger partial charge in [0, 0.05) is 13.1 Å². The van der Waals surface area contributed by atoms with Gasteiger partial charge in [-0.25, -0.2) is 0 Å². The Kier molecular flexibility index (Phi) is 6.72. The van der Waals surface area contributed by atoms with E-state index in [0.29, 0.717) is 6.54 Å². The lowest BCUT2D eigenvalue weighted by Gasteiger charge is -2.26. The van der Waals surface area contributed by atoms with Crippen molar-refractivity contribution in [1.82, 2.24) is 10.6 Å². The first kappa shape index (κ1) is 15.0. The number of carbonyl (C=O) groups excluding carboxylic acids is 2. The van der Waals surface area contributed by atoms with Crippen molar-refractivity contribution >= 4 is 11.8 Å². The summed E-state index contributed by atoms with van der Waals surface area (Å²) in [5.74, 6) is -1.01. The maximum Gasteiger partial charge on any atom is 0.309 e. The standard InChI is InChI=1S/C13H24N2O3/c1-2-8-14-12(17)13(18)15-9-11(16)10-6-4-3-5-7-10/h10-11,16H,2-9H2,1H3,(H,14,17)(H,15,18). The van der Waals surface area contributed by atoms with Gasteiger partial charge in [-0.1, -0.05) is 26.2 Å². The molecule has 0 aromatic carbocycles. The summed E-state index contributed by atoms with van der Waals surface area (Å²) in [6, 6.07) is 0. The summed E-state index contributed by atoms with van der Waals surface area (Å²) in [4.78, 5) is 22.7. The molecule has 0 aromatic heterocycles. The summed E-state index contributed by atoms with van der Waals surface area (Å²) < 4.78 is 0. The Bertz CT molecular complexity index is 275. The second kappa shape index (κ2) is 8.08. The number of hydrogen-bond donors (Lipinski definition) is 3. The second-order valence-electron chi connectivity index (χ2n) is 4.93. The van der Waals surface area contributed by atoms with E-state index in [-0.39, 0.29) is 12.5 Å². The smallest absolute Gasteiger partial charge is 0.309 e. The number of aliphatic hydroxyl groups excluding tert-OH is 1. The molecule has 5 heteroatoms. The van der Waals surface area contributed by atoms with Crippen LogP contribution >= 0.6 is 0 Å². The SMILES string of the molecule is CCCNC(=O)C(=O)NCC(O)C1CCCCC1. The number of rotatable bonds is 5. The first-order valence-electron chi connectivity index (χ1n) is 6.89. The second-order valence-corrected chi connectivity index (χ2v) is 4.93. The molecule has 0 radical (unpaired) electrons. The fourth-order valence-electron chi connectivity index (χ4n) is 2.28. The molecule has 1 rings (SSSR count). The third-order valence-corrected chi connectivity index (χ3v) is 3.41. The van der Waals surface area contributed by atoms with E-state index in [0.717, 1.165) is 32.1 Å². The molecule has 2 amide bonds. The molecule has 1 saturated carbocycles. The summed E-state index contributed by atoms with van der Waals surface area (Å²) in [6.45, 7) is 2.59. The Labute approximate surface area is 108 Å². The van der Waals surface area contributed by atoms with E-state index in [9.17, 15) is 14.7 Å². The number of hydrogen-bond acceptors (Lipinski definition) is 3. The van der Waals surface area contributed by atoms with Crippen LogP contribution in [0.1, 0.15) is 45.4 Å². The lowest BCUT2D eigenvalue weighted by molar-refractivity contribution is -0.139. The molecule has 104 valence electrons. The van der Waals surface area contributed by atoms with Crippen LogP contribution in [0.2, 0.25) is 0 Å². The van der Waals surface area contributed by atoms with Crippen LogP contribution in [-0.2, 0) is 9.59 Å². The molecule has 1 unspecified atom stereocenters. The van der Waals surface area contributed by atoms with Crippen molar-refractivity contribution in [2.75, 3.05) is 13.1 Å². The molecule has 0 saturated heterocycles. The lowest BCUT2D eigenvalue weighted by Crippen LogP contribution is -2.44. The van der Waals surface area contributed by atoms with Gasteiger partial charge in [0.2, 0.25) is 0 Å². The van der Waals surface area contributed by atoms with Gasteiger partial charge in [0.15, 0.2) is 0 Å². The van der Waals surface area contributed by atoms with Gasteiger partial charge in [0.1, 0.15) is 0 Å². The van der Waals surface area contributed by atoms with E-state index in [1.807, 2.05) is 6.92 Å². The Morgan fingerprint density at radius 1 is 1.17 bits per heavy atom.